The zero-order valence-corrected chi connectivity index (χ0v) is 27.6. The van der Waals surface area contributed by atoms with Crippen LogP contribution in [0.3, 0.4) is 0 Å². The van der Waals surface area contributed by atoms with Crippen LogP contribution in [0.25, 0.3) is 0 Å². The van der Waals surface area contributed by atoms with Crippen LogP contribution in [-0.4, -0.2) is 135 Å². The maximum Gasteiger partial charge on any atom is 0.317 e. The quantitative estimate of drug-likeness (QED) is 0.0614. The summed E-state index contributed by atoms with van der Waals surface area (Å²) in [5, 5.41) is 46.5. The van der Waals surface area contributed by atoms with E-state index in [9.17, 15) is 54.0 Å². The molecule has 1 aliphatic rings. The summed E-state index contributed by atoms with van der Waals surface area (Å²) in [6, 6.07) is -0.816. The maximum absolute atomic E-state index is 13.2. The minimum atomic E-state index is -1.47. The van der Waals surface area contributed by atoms with E-state index in [4.69, 9.17) is 11.5 Å². The predicted octanol–water partition coefficient (Wildman–Crippen LogP) is -3.85. The van der Waals surface area contributed by atoms with Gasteiger partial charge in [0.1, 0.15) is 35.2 Å². The molecule has 6 amide bonds. The molecule has 0 aliphatic carbocycles. The highest BCUT2D eigenvalue weighted by molar-refractivity contribution is 8.76. The summed E-state index contributed by atoms with van der Waals surface area (Å²) < 4.78 is 0. The molecule has 0 unspecified atom stereocenters. The summed E-state index contributed by atoms with van der Waals surface area (Å²) >= 11 is 0. The second kappa shape index (κ2) is 19.6. The number of aliphatic hydroxyl groups excluding tert-OH is 2. The van der Waals surface area contributed by atoms with Crippen molar-refractivity contribution in [1.29, 1.82) is 0 Å². The number of amides is 6. The molecular weight excluding hydrogens is 674 g/mol. The van der Waals surface area contributed by atoms with E-state index in [0.717, 1.165) is 15.7 Å². The minimum Gasteiger partial charge on any atom is -0.508 e. The van der Waals surface area contributed by atoms with Crippen molar-refractivity contribution in [3.05, 3.63) is 29.8 Å². The van der Waals surface area contributed by atoms with Crippen molar-refractivity contribution in [1.82, 2.24) is 26.2 Å². The number of nitrogens with two attached hydrogens (primary N) is 2. The van der Waals surface area contributed by atoms with Gasteiger partial charge < -0.3 is 58.1 Å². The Labute approximate surface area is 283 Å². The van der Waals surface area contributed by atoms with Crippen molar-refractivity contribution >= 4 is 63.0 Å². The molecule has 2 rings (SSSR count). The van der Waals surface area contributed by atoms with Crippen molar-refractivity contribution in [2.45, 2.75) is 61.1 Å². The number of phenolic OH excluding ortho intramolecular Hbond substituents is 1. The van der Waals surface area contributed by atoms with Crippen LogP contribution in [0.15, 0.2) is 24.3 Å². The van der Waals surface area contributed by atoms with E-state index in [0.29, 0.717) is 12.0 Å². The molecule has 0 spiro atoms. The first kappa shape index (κ1) is 40.1. The number of aromatic hydroxyl groups is 1. The van der Waals surface area contributed by atoms with Crippen LogP contribution in [-0.2, 0) is 40.0 Å². The van der Waals surface area contributed by atoms with E-state index < -0.39 is 96.6 Å². The first-order valence-electron chi connectivity index (χ1n) is 14.7. The first-order chi connectivity index (χ1) is 22.7. The Morgan fingerprint density at radius 1 is 0.958 bits per heavy atom. The normalized spacial score (nSPS) is 17.2. The number of hydrogen-bond acceptors (Lipinski definition) is 13. The van der Waals surface area contributed by atoms with Crippen molar-refractivity contribution < 1.29 is 54.0 Å². The lowest BCUT2D eigenvalue weighted by molar-refractivity contribution is -0.142. The first-order valence-corrected chi connectivity index (χ1v) is 17.3. The molecule has 1 fully saturated rings. The molecule has 0 bridgehead atoms. The fraction of sp³-hybridized carbons (Fsp3) is 0.536. The van der Waals surface area contributed by atoms with Crippen LogP contribution in [0.4, 0.5) is 0 Å². The standard InChI is InChI=1S/C28H41N7O11S2/c1-47-48-21(28(45)46)10-16(29)24(41)34-19(13-37)27(44)35-8-2-3-20(35)26(43)31-11-22(39)32-17(9-14-4-6-15(38)7-5-14)25(42)33-18(12-36)23(30)40/h4-7,16-21,36-38H,2-3,8-13,29H2,1H3,(H2,30,40)(H,31,43)(H,32,39)(H,33,42)(H,34,41)(H,45,46)/t16-,17-,18-,19-,20-,21-/m0/s1. The Balaban J connectivity index is 2.03. The minimum absolute atomic E-state index is 0.0361. The molecule has 1 aromatic rings. The number of benzene rings is 1. The number of phenols is 1. The summed E-state index contributed by atoms with van der Waals surface area (Å²) in [5.41, 5.74) is 11.6. The Hall–Kier alpha value is -4.11. The van der Waals surface area contributed by atoms with Crippen molar-refractivity contribution in [3.63, 3.8) is 0 Å². The average Bonchev–Trinajstić information content (AvgIpc) is 3.55. The Kier molecular flexibility index (Phi) is 16.4. The summed E-state index contributed by atoms with van der Waals surface area (Å²) in [6.45, 7) is -2.13. The highest BCUT2D eigenvalue weighted by Crippen LogP contribution is 2.27. The van der Waals surface area contributed by atoms with E-state index in [1.807, 2.05) is 0 Å². The van der Waals surface area contributed by atoms with Gasteiger partial charge in [-0.3, -0.25) is 33.6 Å². The number of carboxylic acid groups (broad SMARTS) is 1. The molecule has 1 saturated heterocycles. The van der Waals surface area contributed by atoms with Gasteiger partial charge in [-0.05, 0) is 43.2 Å². The number of hydrogen-bond donors (Lipinski definition) is 10. The molecule has 0 aromatic heterocycles. The second-order valence-corrected chi connectivity index (χ2v) is 13.4. The van der Waals surface area contributed by atoms with Crippen molar-refractivity contribution in [2.24, 2.45) is 11.5 Å². The van der Waals surface area contributed by atoms with Gasteiger partial charge in [-0.25, -0.2) is 0 Å². The van der Waals surface area contributed by atoms with Crippen molar-refractivity contribution in [3.8, 4) is 5.75 Å². The molecule has 1 heterocycles. The summed E-state index contributed by atoms with van der Waals surface area (Å²) in [4.78, 5) is 88.7. The number of nitrogens with zero attached hydrogens (tertiary/aromatic N) is 1. The topological polar surface area (TPSA) is 304 Å². The third kappa shape index (κ3) is 12.2. The number of aliphatic hydroxyl groups is 2. The highest BCUT2D eigenvalue weighted by Gasteiger charge is 2.38. The number of rotatable bonds is 19. The third-order valence-electron chi connectivity index (χ3n) is 7.22. The van der Waals surface area contributed by atoms with E-state index >= 15 is 0 Å². The number of primary amides is 1. The number of carboxylic acids is 1. The largest absolute Gasteiger partial charge is 0.508 e. The molecule has 48 heavy (non-hydrogen) atoms. The molecule has 0 radical (unpaired) electrons. The van der Waals surface area contributed by atoms with Gasteiger partial charge in [0.15, 0.2) is 0 Å². The fourth-order valence-electron chi connectivity index (χ4n) is 4.69. The van der Waals surface area contributed by atoms with E-state index in [1.54, 1.807) is 6.26 Å². The number of nitrogens with one attached hydrogen (secondary N) is 4. The van der Waals surface area contributed by atoms with Crippen LogP contribution in [0.5, 0.6) is 5.75 Å². The molecule has 1 aliphatic heterocycles. The molecule has 18 nitrogen and oxygen atoms in total. The molecule has 1 aromatic carbocycles. The lowest BCUT2D eigenvalue weighted by Crippen LogP contribution is -2.58. The van der Waals surface area contributed by atoms with Gasteiger partial charge in [0.05, 0.1) is 25.8 Å². The van der Waals surface area contributed by atoms with Gasteiger partial charge in [-0.1, -0.05) is 33.7 Å². The number of likely N-dealkylation sites (tertiary alicyclic amines) is 1. The van der Waals surface area contributed by atoms with Gasteiger partial charge in [-0.2, -0.15) is 0 Å². The maximum atomic E-state index is 13.2. The summed E-state index contributed by atoms with van der Waals surface area (Å²) in [5.74, 6) is -6.24. The number of carbonyl (C=O) groups is 7. The van der Waals surface area contributed by atoms with Gasteiger partial charge >= 0.3 is 5.97 Å². The summed E-state index contributed by atoms with van der Waals surface area (Å²) in [7, 11) is 2.19. The monoisotopic (exact) mass is 715 g/mol. The second-order valence-electron chi connectivity index (χ2n) is 10.7. The lowest BCUT2D eigenvalue weighted by Gasteiger charge is -2.28. The van der Waals surface area contributed by atoms with Gasteiger partial charge in [0.2, 0.25) is 35.4 Å². The predicted molar refractivity (Wildman–Crippen MR) is 174 cm³/mol. The third-order valence-corrected chi connectivity index (χ3v) is 9.31. The fourth-order valence-corrected chi connectivity index (χ4v) is 6.47. The highest BCUT2D eigenvalue weighted by atomic mass is 33.1. The molecule has 266 valence electrons. The molecule has 0 saturated carbocycles. The number of carbonyl (C=O) groups excluding carboxylic acids is 6. The zero-order chi connectivity index (χ0) is 36.0. The van der Waals surface area contributed by atoms with Crippen LogP contribution in [0, 0.1) is 0 Å². The van der Waals surface area contributed by atoms with Gasteiger partial charge in [0, 0.05) is 13.0 Å². The Morgan fingerprint density at radius 3 is 2.15 bits per heavy atom. The number of aliphatic carboxylic acids is 1. The van der Waals surface area contributed by atoms with Gasteiger partial charge in [-0.15, -0.1) is 0 Å². The zero-order valence-electron chi connectivity index (χ0n) is 26.0. The Bertz CT molecular complexity index is 1320. The van der Waals surface area contributed by atoms with Gasteiger partial charge in [0.25, 0.3) is 0 Å². The van der Waals surface area contributed by atoms with E-state index in [1.165, 1.54) is 35.1 Å². The molecule has 6 atom stereocenters. The van der Waals surface area contributed by atoms with Crippen LogP contribution in [0.1, 0.15) is 24.8 Å². The smallest absolute Gasteiger partial charge is 0.317 e. The molecular formula is C28H41N7O11S2. The van der Waals surface area contributed by atoms with Crippen LogP contribution < -0.4 is 32.7 Å². The van der Waals surface area contributed by atoms with E-state index in [-0.39, 0.29) is 31.6 Å². The SMILES string of the molecule is CSS[C@@H](C[C@H](N)C(=O)N[C@@H](CO)C(=O)N1CCC[C@H]1C(=O)NCC(=O)N[C@@H](Cc1ccc(O)cc1)C(=O)N[C@@H](CO)C(N)=O)C(=O)O. The van der Waals surface area contributed by atoms with E-state index in [2.05, 4.69) is 21.3 Å². The Morgan fingerprint density at radius 2 is 1.58 bits per heavy atom. The molecule has 20 heteroatoms. The molecule has 12 N–H and O–H groups in total. The van der Waals surface area contributed by atoms with Crippen LogP contribution >= 0.6 is 21.6 Å². The average molecular weight is 716 g/mol. The van der Waals surface area contributed by atoms with Crippen molar-refractivity contribution in [2.75, 3.05) is 32.6 Å². The summed E-state index contributed by atoms with van der Waals surface area (Å²) in [6.07, 6.45) is 1.94. The lowest BCUT2D eigenvalue weighted by atomic mass is 10.0. The van der Waals surface area contributed by atoms with Crippen LogP contribution in [0.2, 0.25) is 0 Å².